The van der Waals surface area contributed by atoms with Crippen molar-refractivity contribution in [1.29, 1.82) is 0 Å². The number of hydrogen-bond acceptors (Lipinski definition) is 4. The third-order valence-corrected chi connectivity index (χ3v) is 10.2. The van der Waals surface area contributed by atoms with E-state index in [2.05, 4.69) is 21.2 Å². The van der Waals surface area contributed by atoms with Gasteiger partial charge in [-0.1, -0.05) is 107 Å². The number of benzene rings is 4. The monoisotopic (exact) mass is 723 g/mol. The lowest BCUT2D eigenvalue weighted by atomic mass is 10.0. The van der Waals surface area contributed by atoms with Crippen molar-refractivity contribution in [3.05, 3.63) is 129 Å². The van der Waals surface area contributed by atoms with Crippen molar-refractivity contribution in [1.82, 2.24) is 10.2 Å². The average Bonchev–Trinajstić information content (AvgIpc) is 3.03. The Bertz CT molecular complexity index is 1750. The van der Waals surface area contributed by atoms with E-state index < -0.39 is 28.5 Å². The van der Waals surface area contributed by atoms with Crippen molar-refractivity contribution >= 4 is 55.1 Å². The molecule has 0 aliphatic heterocycles. The number of nitrogens with one attached hydrogen (secondary N) is 1. The first-order valence-corrected chi connectivity index (χ1v) is 17.8. The summed E-state index contributed by atoms with van der Waals surface area (Å²) in [5, 5.41) is 3.34. The summed E-state index contributed by atoms with van der Waals surface area (Å²) in [6, 6.07) is 27.5. The minimum Gasteiger partial charge on any atom is -0.354 e. The number of aryl methyl sites for hydroxylation is 2. The highest BCUT2D eigenvalue weighted by molar-refractivity contribution is 9.10. The number of halogens is 2. The van der Waals surface area contributed by atoms with Crippen LogP contribution in [0.15, 0.2) is 106 Å². The van der Waals surface area contributed by atoms with E-state index in [1.54, 1.807) is 37.3 Å². The Morgan fingerprint density at radius 2 is 1.59 bits per heavy atom. The molecule has 2 amide bonds. The molecule has 0 bridgehead atoms. The van der Waals surface area contributed by atoms with E-state index in [0.717, 1.165) is 38.3 Å². The van der Waals surface area contributed by atoms with E-state index in [0.29, 0.717) is 17.1 Å². The second-order valence-electron chi connectivity index (χ2n) is 11.3. The molecule has 4 rings (SSSR count). The predicted molar refractivity (Wildman–Crippen MR) is 188 cm³/mol. The fourth-order valence-electron chi connectivity index (χ4n) is 5.09. The van der Waals surface area contributed by atoms with Gasteiger partial charge >= 0.3 is 0 Å². The van der Waals surface area contributed by atoms with Crippen LogP contribution in [0.2, 0.25) is 5.02 Å². The van der Waals surface area contributed by atoms with Crippen LogP contribution in [0.1, 0.15) is 42.0 Å². The van der Waals surface area contributed by atoms with Crippen LogP contribution in [0, 0.1) is 13.8 Å². The Morgan fingerprint density at radius 3 is 2.26 bits per heavy atom. The average molecular weight is 725 g/mol. The summed E-state index contributed by atoms with van der Waals surface area (Å²) in [7, 11) is -4.22. The van der Waals surface area contributed by atoms with E-state index in [4.69, 9.17) is 11.6 Å². The number of carbonyl (C=O) groups is 2. The lowest BCUT2D eigenvalue weighted by molar-refractivity contribution is -0.140. The molecule has 7 nitrogen and oxygen atoms in total. The lowest BCUT2D eigenvalue weighted by Gasteiger charge is -2.34. The number of amides is 2. The molecule has 4 aromatic carbocycles. The van der Waals surface area contributed by atoms with E-state index in [-0.39, 0.29) is 29.5 Å². The van der Waals surface area contributed by atoms with Crippen molar-refractivity contribution in [2.24, 2.45) is 0 Å². The van der Waals surface area contributed by atoms with Gasteiger partial charge in [-0.15, -0.1) is 0 Å². The number of unbranched alkanes of at least 4 members (excludes halogenated alkanes) is 1. The SMILES string of the molecule is CCCCNC(=O)C(Cc1ccccc1)N(Cc1cccc(Br)c1)C(=O)CN(c1cc(Cl)ccc1C)S(=O)(=O)c1ccc(C)cc1. The molecule has 0 aliphatic rings. The third kappa shape index (κ3) is 9.21. The normalized spacial score (nSPS) is 11.9. The van der Waals surface area contributed by atoms with Gasteiger partial charge in [0.1, 0.15) is 12.6 Å². The molecule has 10 heteroatoms. The number of nitrogens with zero attached hydrogens (tertiary/aromatic N) is 2. The van der Waals surface area contributed by atoms with Crippen molar-refractivity contribution in [3.8, 4) is 0 Å². The van der Waals surface area contributed by atoms with E-state index in [1.165, 1.54) is 17.0 Å². The second kappa shape index (κ2) is 16.3. The first kappa shape index (κ1) is 35.2. The van der Waals surface area contributed by atoms with Gasteiger partial charge in [0.05, 0.1) is 10.6 Å². The first-order chi connectivity index (χ1) is 22.0. The minimum absolute atomic E-state index is 0.0435. The molecule has 0 saturated heterocycles. The van der Waals surface area contributed by atoms with Gasteiger partial charge in [-0.2, -0.15) is 0 Å². The van der Waals surface area contributed by atoms with Crippen molar-refractivity contribution in [3.63, 3.8) is 0 Å². The van der Waals surface area contributed by atoms with Crippen molar-refractivity contribution < 1.29 is 18.0 Å². The van der Waals surface area contributed by atoms with Crippen molar-refractivity contribution in [2.75, 3.05) is 17.4 Å². The van der Waals surface area contributed by atoms with Crippen LogP contribution < -0.4 is 9.62 Å². The molecule has 1 atom stereocenters. The predicted octanol–water partition coefficient (Wildman–Crippen LogP) is 7.47. The van der Waals surface area contributed by atoms with Gasteiger partial charge in [0, 0.05) is 29.0 Å². The van der Waals surface area contributed by atoms with Crippen LogP contribution in [-0.4, -0.2) is 44.3 Å². The van der Waals surface area contributed by atoms with Gasteiger partial charge in [-0.05, 0) is 73.4 Å². The lowest BCUT2D eigenvalue weighted by Crippen LogP contribution is -2.53. The molecule has 4 aromatic rings. The molecule has 1 N–H and O–H groups in total. The molecule has 0 spiro atoms. The molecular formula is C36H39BrClN3O4S. The van der Waals surface area contributed by atoms with Crippen LogP contribution in [-0.2, 0) is 32.6 Å². The number of sulfonamides is 1. The molecule has 0 aromatic heterocycles. The van der Waals surface area contributed by atoms with Crippen LogP contribution in [0.25, 0.3) is 0 Å². The molecule has 0 saturated carbocycles. The van der Waals surface area contributed by atoms with E-state index in [1.807, 2.05) is 68.4 Å². The fourth-order valence-corrected chi connectivity index (χ4v) is 7.18. The Balaban J connectivity index is 1.82. The van der Waals surface area contributed by atoms with Gasteiger partial charge in [0.15, 0.2) is 0 Å². The van der Waals surface area contributed by atoms with Gasteiger partial charge in [0.25, 0.3) is 10.0 Å². The minimum atomic E-state index is -4.22. The Hall–Kier alpha value is -3.66. The Labute approximate surface area is 285 Å². The summed E-state index contributed by atoms with van der Waals surface area (Å²) in [6.45, 7) is 5.69. The maximum Gasteiger partial charge on any atom is 0.264 e. The van der Waals surface area contributed by atoms with Crippen molar-refractivity contribution in [2.45, 2.75) is 57.5 Å². The summed E-state index contributed by atoms with van der Waals surface area (Å²) in [5.74, 6) is -0.825. The Kier molecular flexibility index (Phi) is 12.4. The molecule has 0 aliphatic carbocycles. The van der Waals surface area contributed by atoms with Crippen LogP contribution in [0.5, 0.6) is 0 Å². The molecule has 0 radical (unpaired) electrons. The summed E-state index contributed by atoms with van der Waals surface area (Å²) >= 11 is 9.88. The largest absolute Gasteiger partial charge is 0.354 e. The standard InChI is InChI=1S/C36H39BrClN3O4S/c1-4-5-20-39-36(43)34(22-28-10-7-6-8-11-28)40(24-29-12-9-13-30(37)21-29)35(42)25-41(33-23-31(38)17-16-27(33)3)46(44,45)32-18-14-26(2)15-19-32/h6-19,21,23,34H,4-5,20,22,24-25H2,1-3H3,(H,39,43). The highest BCUT2D eigenvalue weighted by Gasteiger charge is 2.35. The number of carbonyl (C=O) groups excluding carboxylic acids is 2. The number of rotatable bonds is 14. The number of hydrogen-bond donors (Lipinski definition) is 1. The summed E-state index contributed by atoms with van der Waals surface area (Å²) in [5.41, 5.74) is 3.48. The molecule has 1 unspecified atom stereocenters. The first-order valence-electron chi connectivity index (χ1n) is 15.2. The maximum absolute atomic E-state index is 14.6. The molecule has 46 heavy (non-hydrogen) atoms. The summed E-state index contributed by atoms with van der Waals surface area (Å²) < 4.78 is 30.5. The number of anilines is 1. The Morgan fingerprint density at radius 1 is 0.891 bits per heavy atom. The van der Waals surface area contributed by atoms with Crippen LogP contribution in [0.4, 0.5) is 5.69 Å². The molecular weight excluding hydrogens is 686 g/mol. The van der Waals surface area contributed by atoms with E-state index >= 15 is 0 Å². The molecule has 0 fully saturated rings. The molecule has 242 valence electrons. The van der Waals surface area contributed by atoms with Crippen LogP contribution in [0.3, 0.4) is 0 Å². The zero-order chi connectivity index (χ0) is 33.3. The topological polar surface area (TPSA) is 86.8 Å². The fraction of sp³-hybridized carbons (Fsp3) is 0.278. The summed E-state index contributed by atoms with van der Waals surface area (Å²) in [6.07, 6.45) is 1.94. The van der Waals surface area contributed by atoms with Gasteiger partial charge in [-0.3, -0.25) is 13.9 Å². The maximum atomic E-state index is 14.6. The zero-order valence-electron chi connectivity index (χ0n) is 26.2. The molecule has 0 heterocycles. The summed E-state index contributed by atoms with van der Waals surface area (Å²) in [4.78, 5) is 30.0. The van der Waals surface area contributed by atoms with Gasteiger partial charge < -0.3 is 10.2 Å². The van der Waals surface area contributed by atoms with E-state index in [9.17, 15) is 18.0 Å². The van der Waals surface area contributed by atoms with Gasteiger partial charge in [0.2, 0.25) is 11.8 Å². The zero-order valence-corrected chi connectivity index (χ0v) is 29.4. The second-order valence-corrected chi connectivity index (χ2v) is 14.5. The van der Waals surface area contributed by atoms with Gasteiger partial charge in [-0.25, -0.2) is 8.42 Å². The quantitative estimate of drug-likeness (QED) is 0.137. The third-order valence-electron chi connectivity index (χ3n) is 7.67. The highest BCUT2D eigenvalue weighted by Crippen LogP contribution is 2.30. The smallest absolute Gasteiger partial charge is 0.264 e. The van der Waals surface area contributed by atoms with Crippen LogP contribution >= 0.6 is 27.5 Å². The highest BCUT2D eigenvalue weighted by atomic mass is 79.9.